The molecule has 2 aromatic rings. The Morgan fingerprint density at radius 2 is 2.30 bits per heavy atom. The number of imidazole rings is 1. The molecule has 0 spiro atoms. The van der Waals surface area contributed by atoms with Crippen LogP contribution in [0, 0.1) is 0 Å². The summed E-state index contributed by atoms with van der Waals surface area (Å²) in [5.41, 5.74) is 1.99. The van der Waals surface area contributed by atoms with Crippen LogP contribution < -0.4 is 5.32 Å². The molecule has 1 aliphatic rings. The lowest BCUT2D eigenvalue weighted by Crippen LogP contribution is -2.41. The minimum absolute atomic E-state index is 0.397. The Bertz CT molecular complexity index is 565. The highest BCUT2D eigenvalue weighted by molar-refractivity contribution is 6.33. The second kappa shape index (κ2) is 5.85. The minimum atomic E-state index is 0.397. The lowest BCUT2D eigenvalue weighted by molar-refractivity contribution is 0.00299. The van der Waals surface area contributed by atoms with Gasteiger partial charge in [0.25, 0.3) is 0 Å². The Morgan fingerprint density at radius 3 is 3.00 bits per heavy atom. The van der Waals surface area contributed by atoms with E-state index in [9.17, 15) is 0 Å². The molecule has 0 unspecified atom stereocenters. The van der Waals surface area contributed by atoms with Crippen molar-refractivity contribution in [2.75, 3.05) is 11.9 Å². The van der Waals surface area contributed by atoms with Crippen LogP contribution in [0.4, 0.5) is 5.69 Å². The highest BCUT2D eigenvalue weighted by atomic mass is 35.5. The number of anilines is 1. The highest BCUT2D eigenvalue weighted by Crippen LogP contribution is 2.32. The average Bonchev–Trinajstić information content (AvgIpc) is 2.90. The first kappa shape index (κ1) is 13.5. The quantitative estimate of drug-likeness (QED) is 0.916. The maximum atomic E-state index is 6.33. The molecule has 106 valence electrons. The Morgan fingerprint density at radius 1 is 1.45 bits per heavy atom. The molecule has 0 amide bonds. The summed E-state index contributed by atoms with van der Waals surface area (Å²) in [5.74, 6) is 0. The van der Waals surface area contributed by atoms with Gasteiger partial charge < -0.3 is 14.6 Å². The summed E-state index contributed by atoms with van der Waals surface area (Å²) in [5, 5.41) is 4.27. The zero-order valence-corrected chi connectivity index (χ0v) is 12.2. The van der Waals surface area contributed by atoms with Crippen LogP contribution in [0.5, 0.6) is 0 Å². The Balaban J connectivity index is 1.76. The molecule has 0 atom stereocenters. The summed E-state index contributed by atoms with van der Waals surface area (Å²) in [6.07, 6.45) is 7.90. The topological polar surface area (TPSA) is 39.1 Å². The van der Waals surface area contributed by atoms with Gasteiger partial charge in [-0.05, 0) is 31.9 Å². The number of nitrogens with one attached hydrogen (secondary N) is 1. The van der Waals surface area contributed by atoms with E-state index in [1.807, 2.05) is 29.8 Å². The number of benzene rings is 1. The van der Waals surface area contributed by atoms with Gasteiger partial charge in [0, 0.05) is 25.0 Å². The van der Waals surface area contributed by atoms with E-state index in [2.05, 4.69) is 16.4 Å². The summed E-state index contributed by atoms with van der Waals surface area (Å²) in [7, 11) is 0. The van der Waals surface area contributed by atoms with Crippen LogP contribution >= 0.6 is 11.6 Å². The smallest absolute Gasteiger partial charge is 0.0992 e. The van der Waals surface area contributed by atoms with E-state index in [0.717, 1.165) is 30.8 Å². The van der Waals surface area contributed by atoms with Crippen molar-refractivity contribution in [2.24, 2.45) is 0 Å². The number of rotatable bonds is 5. The molecule has 1 aromatic carbocycles. The van der Waals surface area contributed by atoms with E-state index in [1.54, 1.807) is 12.5 Å². The summed E-state index contributed by atoms with van der Waals surface area (Å²) in [4.78, 5) is 4.09. The van der Waals surface area contributed by atoms with E-state index in [1.165, 1.54) is 0 Å². The van der Waals surface area contributed by atoms with Crippen LogP contribution in [0.15, 0.2) is 36.9 Å². The molecule has 0 bridgehead atoms. The van der Waals surface area contributed by atoms with Crippen molar-refractivity contribution >= 4 is 17.3 Å². The number of hydrogen-bond acceptors (Lipinski definition) is 3. The molecule has 1 fully saturated rings. The van der Waals surface area contributed by atoms with Gasteiger partial charge in [0.2, 0.25) is 0 Å². The van der Waals surface area contributed by atoms with Gasteiger partial charge in [-0.15, -0.1) is 0 Å². The standard InChI is InChI=1S/C15H18ClN3O/c1-2-20-12-8-11(9-12)18-14-5-3-4-13(16)15(14)19-7-6-17-10-19/h3-7,10-12,18H,2,8-9H2,1H3. The van der Waals surface area contributed by atoms with Gasteiger partial charge in [0.05, 0.1) is 28.8 Å². The maximum absolute atomic E-state index is 6.33. The molecule has 20 heavy (non-hydrogen) atoms. The van der Waals surface area contributed by atoms with Crippen molar-refractivity contribution in [1.29, 1.82) is 0 Å². The second-order valence-corrected chi connectivity index (χ2v) is 5.40. The largest absolute Gasteiger partial charge is 0.380 e. The van der Waals surface area contributed by atoms with E-state index in [-0.39, 0.29) is 0 Å². The predicted molar refractivity (Wildman–Crippen MR) is 80.6 cm³/mol. The van der Waals surface area contributed by atoms with Crippen molar-refractivity contribution in [3.63, 3.8) is 0 Å². The molecule has 0 aliphatic heterocycles. The van der Waals surface area contributed by atoms with Gasteiger partial charge >= 0.3 is 0 Å². The van der Waals surface area contributed by atoms with Crippen molar-refractivity contribution < 1.29 is 4.74 Å². The number of hydrogen-bond donors (Lipinski definition) is 1. The van der Waals surface area contributed by atoms with E-state index < -0.39 is 0 Å². The first-order valence-corrected chi connectivity index (χ1v) is 7.30. The molecule has 1 heterocycles. The first-order valence-electron chi connectivity index (χ1n) is 6.93. The van der Waals surface area contributed by atoms with Gasteiger partial charge in [0.15, 0.2) is 0 Å². The molecule has 1 N–H and O–H groups in total. The fourth-order valence-electron chi connectivity index (χ4n) is 2.56. The monoisotopic (exact) mass is 291 g/mol. The maximum Gasteiger partial charge on any atom is 0.0992 e. The molecule has 1 aromatic heterocycles. The fourth-order valence-corrected chi connectivity index (χ4v) is 2.83. The lowest BCUT2D eigenvalue weighted by Gasteiger charge is -2.36. The highest BCUT2D eigenvalue weighted by Gasteiger charge is 2.30. The van der Waals surface area contributed by atoms with Crippen LogP contribution in [0.3, 0.4) is 0 Å². The van der Waals surface area contributed by atoms with Gasteiger partial charge in [-0.25, -0.2) is 4.98 Å². The van der Waals surface area contributed by atoms with Gasteiger partial charge in [-0.3, -0.25) is 0 Å². The van der Waals surface area contributed by atoms with Crippen LogP contribution in [0.1, 0.15) is 19.8 Å². The fraction of sp³-hybridized carbons (Fsp3) is 0.400. The molecule has 0 radical (unpaired) electrons. The zero-order valence-electron chi connectivity index (χ0n) is 11.4. The molecule has 3 rings (SSSR count). The SMILES string of the molecule is CCOC1CC(Nc2cccc(Cl)c2-n2ccnc2)C1. The van der Waals surface area contributed by atoms with E-state index in [4.69, 9.17) is 16.3 Å². The van der Waals surface area contributed by atoms with Gasteiger partial charge in [-0.1, -0.05) is 17.7 Å². The average molecular weight is 292 g/mol. The van der Waals surface area contributed by atoms with Crippen LogP contribution in [0.25, 0.3) is 5.69 Å². The van der Waals surface area contributed by atoms with Gasteiger partial charge in [0.1, 0.15) is 0 Å². The summed E-state index contributed by atoms with van der Waals surface area (Å²) >= 11 is 6.33. The third-order valence-electron chi connectivity index (χ3n) is 3.61. The van der Waals surface area contributed by atoms with Gasteiger partial charge in [-0.2, -0.15) is 0 Å². The second-order valence-electron chi connectivity index (χ2n) is 5.00. The van der Waals surface area contributed by atoms with E-state index in [0.29, 0.717) is 17.2 Å². The normalized spacial score (nSPS) is 21.5. The first-order chi connectivity index (χ1) is 9.78. The predicted octanol–water partition coefficient (Wildman–Crippen LogP) is 3.51. The van der Waals surface area contributed by atoms with Crippen LogP contribution in [-0.4, -0.2) is 28.3 Å². The molecule has 5 heteroatoms. The lowest BCUT2D eigenvalue weighted by atomic mass is 9.89. The van der Waals surface area contributed by atoms with Crippen LogP contribution in [0.2, 0.25) is 5.02 Å². The molecule has 4 nitrogen and oxygen atoms in total. The third-order valence-corrected chi connectivity index (χ3v) is 3.91. The third kappa shape index (κ3) is 2.67. The number of para-hydroxylation sites is 1. The van der Waals surface area contributed by atoms with Crippen LogP contribution in [-0.2, 0) is 4.74 Å². The zero-order chi connectivity index (χ0) is 13.9. The molecular weight excluding hydrogens is 274 g/mol. The number of aromatic nitrogens is 2. The molecule has 0 saturated heterocycles. The number of nitrogens with zero attached hydrogens (tertiary/aromatic N) is 2. The molecule has 1 aliphatic carbocycles. The van der Waals surface area contributed by atoms with Crippen molar-refractivity contribution in [1.82, 2.24) is 9.55 Å². The Labute approximate surface area is 123 Å². The Kier molecular flexibility index (Phi) is 3.94. The Hall–Kier alpha value is -1.52. The molecule has 1 saturated carbocycles. The van der Waals surface area contributed by atoms with E-state index >= 15 is 0 Å². The summed E-state index contributed by atoms with van der Waals surface area (Å²) in [6, 6.07) is 6.36. The summed E-state index contributed by atoms with van der Waals surface area (Å²) < 4.78 is 7.52. The molecular formula is C15H18ClN3O. The number of ether oxygens (including phenoxy) is 1. The van der Waals surface area contributed by atoms with Crippen molar-refractivity contribution in [2.45, 2.75) is 31.9 Å². The van der Waals surface area contributed by atoms with Crippen molar-refractivity contribution in [3.05, 3.63) is 41.9 Å². The number of halogens is 1. The van der Waals surface area contributed by atoms with Crippen molar-refractivity contribution in [3.8, 4) is 5.69 Å². The summed E-state index contributed by atoms with van der Waals surface area (Å²) in [6.45, 7) is 2.82. The minimum Gasteiger partial charge on any atom is -0.380 e.